The molecule has 1 unspecified atom stereocenters. The molecule has 0 bridgehead atoms. The smallest absolute Gasteiger partial charge is 0.269 e. The van der Waals surface area contributed by atoms with E-state index >= 15 is 0 Å². The van der Waals surface area contributed by atoms with Crippen molar-refractivity contribution in [1.82, 2.24) is 0 Å². The number of rotatable bonds is 5. The van der Waals surface area contributed by atoms with Crippen LogP contribution in [-0.2, 0) is 16.3 Å². The molecule has 17 heavy (non-hydrogen) atoms. The van der Waals surface area contributed by atoms with Crippen LogP contribution in [0.5, 0.6) is 0 Å². The highest BCUT2D eigenvalue weighted by atomic mass is 32.2. The fraction of sp³-hybridized carbons (Fsp3) is 0.400. The van der Waals surface area contributed by atoms with Gasteiger partial charge in [0.2, 0.25) is 0 Å². The SMILES string of the molecule is CS(=O)(=O)CC(O)Cc1ccc([N+](=O)[O-])cc1. The van der Waals surface area contributed by atoms with E-state index < -0.39 is 20.9 Å². The first-order chi connectivity index (χ1) is 7.78. The Bertz CT molecular complexity index is 494. The molecule has 0 saturated carbocycles. The molecule has 0 aliphatic carbocycles. The Hall–Kier alpha value is -1.47. The molecule has 0 aliphatic rings. The summed E-state index contributed by atoms with van der Waals surface area (Å²) < 4.78 is 21.9. The van der Waals surface area contributed by atoms with Gasteiger partial charge in [0.1, 0.15) is 9.84 Å². The number of sulfone groups is 1. The van der Waals surface area contributed by atoms with Gasteiger partial charge in [0.25, 0.3) is 5.69 Å². The lowest BCUT2D eigenvalue weighted by molar-refractivity contribution is -0.384. The highest BCUT2D eigenvalue weighted by molar-refractivity contribution is 7.90. The third kappa shape index (κ3) is 4.92. The summed E-state index contributed by atoms with van der Waals surface area (Å²) in [7, 11) is -3.22. The van der Waals surface area contributed by atoms with Crippen molar-refractivity contribution >= 4 is 15.5 Å². The molecule has 0 amide bonds. The van der Waals surface area contributed by atoms with Gasteiger partial charge in [-0.05, 0) is 12.0 Å². The Kier molecular flexibility index (Phi) is 4.19. The molecule has 6 nitrogen and oxygen atoms in total. The largest absolute Gasteiger partial charge is 0.392 e. The van der Waals surface area contributed by atoms with Gasteiger partial charge in [0, 0.05) is 18.4 Å². The maximum Gasteiger partial charge on any atom is 0.269 e. The lowest BCUT2D eigenvalue weighted by Gasteiger charge is -2.08. The van der Waals surface area contributed by atoms with Crippen molar-refractivity contribution in [2.45, 2.75) is 12.5 Å². The normalized spacial score (nSPS) is 13.3. The fourth-order valence-corrected chi connectivity index (χ4v) is 2.25. The molecule has 1 atom stereocenters. The van der Waals surface area contributed by atoms with Crippen molar-refractivity contribution in [3.8, 4) is 0 Å². The molecule has 0 spiro atoms. The van der Waals surface area contributed by atoms with Gasteiger partial charge in [0.05, 0.1) is 16.8 Å². The van der Waals surface area contributed by atoms with Crippen LogP contribution in [0.3, 0.4) is 0 Å². The van der Waals surface area contributed by atoms with Crippen LogP contribution < -0.4 is 0 Å². The van der Waals surface area contributed by atoms with Crippen LogP contribution >= 0.6 is 0 Å². The summed E-state index contributed by atoms with van der Waals surface area (Å²) in [5, 5.41) is 19.9. The van der Waals surface area contributed by atoms with Crippen LogP contribution in [0.25, 0.3) is 0 Å². The number of nitro groups is 1. The first-order valence-electron chi connectivity index (χ1n) is 4.87. The third-order valence-corrected chi connectivity index (χ3v) is 3.10. The van der Waals surface area contributed by atoms with Crippen molar-refractivity contribution in [3.63, 3.8) is 0 Å². The predicted octanol–water partition coefficient (Wildman–Crippen LogP) is 0.543. The highest BCUT2D eigenvalue weighted by Gasteiger charge is 2.13. The molecule has 0 aliphatic heterocycles. The number of nitrogens with zero attached hydrogens (tertiary/aromatic N) is 1. The summed E-state index contributed by atoms with van der Waals surface area (Å²) in [5.74, 6) is -0.315. The van der Waals surface area contributed by atoms with E-state index in [1.54, 1.807) is 0 Å². The number of aliphatic hydroxyl groups excluding tert-OH is 1. The van der Waals surface area contributed by atoms with Crippen LogP contribution in [0.4, 0.5) is 5.69 Å². The Labute approximate surface area is 99.0 Å². The van der Waals surface area contributed by atoms with Crippen LogP contribution in [-0.4, -0.2) is 36.6 Å². The van der Waals surface area contributed by atoms with Crippen molar-refractivity contribution in [2.24, 2.45) is 0 Å². The Morgan fingerprint density at radius 2 is 1.88 bits per heavy atom. The quantitative estimate of drug-likeness (QED) is 0.615. The second-order valence-electron chi connectivity index (χ2n) is 3.87. The van der Waals surface area contributed by atoms with Gasteiger partial charge in [-0.15, -0.1) is 0 Å². The molecule has 0 fully saturated rings. The van der Waals surface area contributed by atoms with E-state index in [4.69, 9.17) is 0 Å². The van der Waals surface area contributed by atoms with E-state index in [0.717, 1.165) is 6.26 Å². The molecule has 1 N–H and O–H groups in total. The Morgan fingerprint density at radius 1 is 1.35 bits per heavy atom. The molecule has 1 rings (SSSR count). The zero-order valence-electron chi connectivity index (χ0n) is 9.24. The lowest BCUT2D eigenvalue weighted by Crippen LogP contribution is -2.21. The minimum absolute atomic E-state index is 0.0358. The molecule has 0 heterocycles. The minimum atomic E-state index is -3.22. The van der Waals surface area contributed by atoms with E-state index in [-0.39, 0.29) is 17.9 Å². The van der Waals surface area contributed by atoms with Crippen LogP contribution in [0.15, 0.2) is 24.3 Å². The summed E-state index contributed by atoms with van der Waals surface area (Å²) >= 11 is 0. The van der Waals surface area contributed by atoms with E-state index in [9.17, 15) is 23.6 Å². The third-order valence-electron chi connectivity index (χ3n) is 2.11. The van der Waals surface area contributed by atoms with Gasteiger partial charge in [-0.3, -0.25) is 10.1 Å². The average Bonchev–Trinajstić information content (AvgIpc) is 2.15. The van der Waals surface area contributed by atoms with Gasteiger partial charge in [-0.2, -0.15) is 0 Å². The number of hydrogen-bond acceptors (Lipinski definition) is 5. The molecule has 1 aromatic rings. The maximum atomic E-state index is 10.9. The summed E-state index contributed by atoms with van der Waals surface area (Å²) in [6, 6.07) is 5.65. The molecule has 7 heteroatoms. The average molecular weight is 259 g/mol. The second kappa shape index (κ2) is 5.24. The van der Waals surface area contributed by atoms with Crippen LogP contribution in [0, 0.1) is 10.1 Å². The minimum Gasteiger partial charge on any atom is -0.392 e. The predicted molar refractivity (Wildman–Crippen MR) is 62.5 cm³/mol. The van der Waals surface area contributed by atoms with E-state index in [1.165, 1.54) is 24.3 Å². The number of non-ortho nitro benzene ring substituents is 1. The topological polar surface area (TPSA) is 97.5 Å². The summed E-state index contributed by atoms with van der Waals surface area (Å²) in [6.45, 7) is 0. The van der Waals surface area contributed by atoms with Gasteiger partial charge in [-0.1, -0.05) is 12.1 Å². The molecular weight excluding hydrogens is 246 g/mol. The van der Waals surface area contributed by atoms with Crippen LogP contribution in [0.2, 0.25) is 0 Å². The molecule has 0 aromatic heterocycles. The van der Waals surface area contributed by atoms with Gasteiger partial charge in [-0.25, -0.2) is 8.42 Å². The van der Waals surface area contributed by atoms with Crippen molar-refractivity contribution < 1.29 is 18.4 Å². The second-order valence-corrected chi connectivity index (χ2v) is 6.06. The van der Waals surface area contributed by atoms with E-state index in [1.807, 2.05) is 0 Å². The first kappa shape index (κ1) is 13.6. The summed E-state index contributed by atoms with van der Waals surface area (Å²) in [4.78, 5) is 9.88. The van der Waals surface area contributed by atoms with Gasteiger partial charge < -0.3 is 5.11 Å². The molecule has 1 aromatic carbocycles. The lowest BCUT2D eigenvalue weighted by atomic mass is 10.1. The fourth-order valence-electron chi connectivity index (χ4n) is 1.43. The van der Waals surface area contributed by atoms with Crippen LogP contribution in [0.1, 0.15) is 5.56 Å². The monoisotopic (exact) mass is 259 g/mol. The van der Waals surface area contributed by atoms with E-state index in [2.05, 4.69) is 0 Å². The van der Waals surface area contributed by atoms with Crippen molar-refractivity contribution in [2.75, 3.05) is 12.0 Å². The van der Waals surface area contributed by atoms with Gasteiger partial charge >= 0.3 is 0 Å². The maximum absolute atomic E-state index is 10.9. The zero-order chi connectivity index (χ0) is 13.1. The van der Waals surface area contributed by atoms with Gasteiger partial charge in [0.15, 0.2) is 0 Å². The van der Waals surface area contributed by atoms with E-state index in [0.29, 0.717) is 5.56 Å². The number of nitro benzene ring substituents is 1. The number of aliphatic hydroxyl groups is 1. The standard InChI is InChI=1S/C10H13NO5S/c1-17(15,16)7-10(12)6-8-2-4-9(5-3-8)11(13)14/h2-5,10,12H,6-7H2,1H3. The zero-order valence-corrected chi connectivity index (χ0v) is 10.1. The molecule has 94 valence electrons. The summed E-state index contributed by atoms with van der Waals surface area (Å²) in [5.41, 5.74) is 0.623. The molecule has 0 radical (unpaired) electrons. The Morgan fingerprint density at radius 3 is 2.29 bits per heavy atom. The summed E-state index contributed by atoms with van der Waals surface area (Å²) in [6.07, 6.45) is 0.211. The highest BCUT2D eigenvalue weighted by Crippen LogP contribution is 2.13. The van der Waals surface area contributed by atoms with Crippen molar-refractivity contribution in [3.05, 3.63) is 39.9 Å². The first-order valence-corrected chi connectivity index (χ1v) is 6.93. The number of benzene rings is 1. The molecule has 0 saturated heterocycles. The molecular formula is C10H13NO5S. The van der Waals surface area contributed by atoms with Crippen molar-refractivity contribution in [1.29, 1.82) is 0 Å². The Balaban J connectivity index is 2.66. The number of hydrogen-bond donors (Lipinski definition) is 1.